The Morgan fingerprint density at radius 3 is 2.58 bits per heavy atom. The van der Waals surface area contributed by atoms with Crippen molar-refractivity contribution in [2.45, 2.75) is 25.8 Å². The number of alkyl halides is 3. The van der Waals surface area contributed by atoms with Gasteiger partial charge in [0.15, 0.2) is 0 Å². The van der Waals surface area contributed by atoms with Crippen molar-refractivity contribution in [2.24, 2.45) is 0 Å². The first-order valence-electron chi connectivity index (χ1n) is 7.53. The maximum atomic E-state index is 13.5. The number of aromatic nitrogens is 2. The normalized spacial score (nSPS) is 21.3. The summed E-state index contributed by atoms with van der Waals surface area (Å²) in [5.41, 5.74) is -0.483. The Hall–Kier alpha value is -2.94. The number of fused-ring (bicyclic) bond motifs is 1. The Labute approximate surface area is 146 Å². The second-order valence-electron chi connectivity index (χ2n) is 5.71. The molecule has 6 nitrogen and oxygen atoms in total. The van der Waals surface area contributed by atoms with Crippen molar-refractivity contribution in [3.05, 3.63) is 59.2 Å². The highest BCUT2D eigenvalue weighted by Crippen LogP contribution is 2.44. The number of ketones is 1. The lowest BCUT2D eigenvalue weighted by Gasteiger charge is -2.36. The van der Waals surface area contributed by atoms with Gasteiger partial charge in [0, 0.05) is 18.0 Å². The lowest BCUT2D eigenvalue weighted by molar-refractivity contribution is -0.315. The second-order valence-corrected chi connectivity index (χ2v) is 5.71. The Balaban J connectivity index is 2.08. The van der Waals surface area contributed by atoms with Crippen LogP contribution < -0.4 is 10.1 Å². The topological polar surface area (TPSA) is 84.3 Å². The third-order valence-corrected chi connectivity index (χ3v) is 3.71. The Morgan fingerprint density at radius 1 is 1.23 bits per heavy atom. The monoisotopic (exact) mass is 365 g/mol. The zero-order valence-electron chi connectivity index (χ0n) is 13.8. The van der Waals surface area contributed by atoms with Gasteiger partial charge in [0.25, 0.3) is 0 Å². The van der Waals surface area contributed by atoms with Crippen LogP contribution in [-0.4, -0.2) is 32.8 Å². The van der Waals surface area contributed by atoms with Gasteiger partial charge in [-0.1, -0.05) is 12.1 Å². The molecule has 1 atom stereocenters. The van der Waals surface area contributed by atoms with E-state index >= 15 is 0 Å². The number of rotatable bonds is 2. The van der Waals surface area contributed by atoms with Crippen molar-refractivity contribution < 1.29 is 27.8 Å². The van der Waals surface area contributed by atoms with Gasteiger partial charge in [-0.15, -0.1) is 0 Å². The van der Waals surface area contributed by atoms with Crippen LogP contribution in [0.5, 0.6) is 5.75 Å². The first kappa shape index (κ1) is 17.9. The van der Waals surface area contributed by atoms with Gasteiger partial charge in [-0.25, -0.2) is 9.97 Å². The van der Waals surface area contributed by atoms with E-state index in [2.05, 4.69) is 15.3 Å². The predicted molar refractivity (Wildman–Crippen MR) is 85.6 cm³/mol. The minimum Gasteiger partial charge on any atom is -0.449 e. The maximum Gasteiger partial charge on any atom is 0.460 e. The van der Waals surface area contributed by atoms with Crippen LogP contribution in [0.3, 0.4) is 0 Å². The van der Waals surface area contributed by atoms with E-state index in [4.69, 9.17) is 4.74 Å². The maximum absolute atomic E-state index is 13.5. The van der Waals surface area contributed by atoms with Crippen molar-refractivity contribution >= 4 is 11.6 Å². The average Bonchev–Trinajstić information content (AvgIpc) is 2.52. The molecule has 2 heterocycles. The van der Waals surface area contributed by atoms with Crippen LogP contribution in [0.1, 0.15) is 21.9 Å². The molecular weight excluding hydrogens is 351 g/mol. The van der Waals surface area contributed by atoms with E-state index in [-0.39, 0.29) is 17.1 Å². The third kappa shape index (κ3) is 3.01. The van der Waals surface area contributed by atoms with Crippen LogP contribution in [0.15, 0.2) is 42.1 Å². The summed E-state index contributed by atoms with van der Waals surface area (Å²) in [6.07, 6.45) is -4.48. The van der Waals surface area contributed by atoms with Crippen LogP contribution in [0, 0.1) is 13.8 Å². The number of nitrogens with one attached hydrogen (secondary N) is 1. The summed E-state index contributed by atoms with van der Waals surface area (Å²) in [6, 6.07) is 6.88. The van der Waals surface area contributed by atoms with E-state index in [9.17, 15) is 23.1 Å². The van der Waals surface area contributed by atoms with Gasteiger partial charge in [0.1, 0.15) is 17.4 Å². The fourth-order valence-electron chi connectivity index (χ4n) is 2.57. The number of anilines is 1. The van der Waals surface area contributed by atoms with Crippen molar-refractivity contribution in [1.29, 1.82) is 0 Å². The van der Waals surface area contributed by atoms with Crippen molar-refractivity contribution in [3.63, 3.8) is 0 Å². The molecule has 0 radical (unpaired) electrons. The molecule has 1 aromatic carbocycles. The van der Waals surface area contributed by atoms with Crippen LogP contribution in [0.25, 0.3) is 0 Å². The van der Waals surface area contributed by atoms with Crippen LogP contribution in [0.4, 0.5) is 19.0 Å². The second kappa shape index (κ2) is 6.10. The molecule has 2 aromatic rings. The van der Waals surface area contributed by atoms with Gasteiger partial charge in [0.2, 0.25) is 5.78 Å². The van der Waals surface area contributed by atoms with Gasteiger partial charge in [0.05, 0.1) is 11.1 Å². The molecule has 1 aliphatic heterocycles. The highest BCUT2D eigenvalue weighted by atomic mass is 19.4. The van der Waals surface area contributed by atoms with E-state index in [1.165, 1.54) is 30.3 Å². The molecule has 0 bridgehead atoms. The minimum absolute atomic E-state index is 0.0791. The van der Waals surface area contributed by atoms with Gasteiger partial charge >= 0.3 is 12.0 Å². The molecule has 1 aromatic heterocycles. The Bertz CT molecular complexity index is 891. The molecule has 3 rings (SSSR count). The van der Waals surface area contributed by atoms with E-state index in [0.717, 1.165) is 6.20 Å². The van der Waals surface area contributed by atoms with E-state index < -0.39 is 23.3 Å². The summed E-state index contributed by atoms with van der Waals surface area (Å²) in [5, 5.41) is 12.7. The van der Waals surface area contributed by atoms with Gasteiger partial charge in [-0.3, -0.25) is 4.79 Å². The fourth-order valence-corrected chi connectivity index (χ4v) is 2.57. The highest BCUT2D eigenvalue weighted by Gasteiger charge is 2.63. The third-order valence-electron chi connectivity index (χ3n) is 3.71. The van der Waals surface area contributed by atoms with Crippen LogP contribution in [0.2, 0.25) is 0 Å². The number of carbonyl (C=O) groups excluding carboxylic acids is 1. The lowest BCUT2D eigenvalue weighted by Crippen LogP contribution is -2.56. The van der Waals surface area contributed by atoms with Crippen LogP contribution >= 0.6 is 0 Å². The molecule has 1 unspecified atom stereocenters. The van der Waals surface area contributed by atoms with Crippen LogP contribution in [-0.2, 0) is 0 Å². The molecule has 0 amide bonds. The fraction of sp³-hybridized carbons (Fsp3) is 0.235. The number of nitrogens with zero attached hydrogens (tertiary/aromatic N) is 2. The number of benzene rings is 1. The first-order chi connectivity index (χ1) is 12.1. The molecule has 0 saturated heterocycles. The molecule has 26 heavy (non-hydrogen) atoms. The zero-order valence-corrected chi connectivity index (χ0v) is 13.8. The number of hydrogen-bond acceptors (Lipinski definition) is 6. The molecular formula is C17H14F3N3O3. The number of aryl methyl sites for hydroxylation is 2. The molecule has 2 N–H and O–H groups in total. The van der Waals surface area contributed by atoms with Crippen molar-refractivity contribution in [3.8, 4) is 5.75 Å². The van der Waals surface area contributed by atoms with Gasteiger partial charge in [-0.05, 0) is 26.0 Å². The highest BCUT2D eigenvalue weighted by molar-refractivity contribution is 6.12. The molecule has 136 valence electrons. The first-order valence-corrected chi connectivity index (χ1v) is 7.53. The number of halogens is 3. The number of hydrogen-bond donors (Lipinski definition) is 2. The van der Waals surface area contributed by atoms with Gasteiger partial charge < -0.3 is 15.2 Å². The summed E-state index contributed by atoms with van der Waals surface area (Å²) >= 11 is 0. The average molecular weight is 365 g/mol. The Kier molecular flexibility index (Phi) is 4.19. The summed E-state index contributed by atoms with van der Waals surface area (Å²) in [5.74, 6) is -4.54. The van der Waals surface area contributed by atoms with E-state index in [1.807, 2.05) is 0 Å². The lowest BCUT2D eigenvalue weighted by atomic mass is 9.92. The predicted octanol–water partition coefficient (Wildman–Crippen LogP) is 2.92. The Morgan fingerprint density at radius 2 is 1.92 bits per heavy atom. The summed E-state index contributed by atoms with van der Waals surface area (Å²) in [7, 11) is 0. The number of para-hydroxylation sites is 1. The number of carbonyl (C=O) groups is 1. The number of ether oxygens (including phenoxy) is 1. The van der Waals surface area contributed by atoms with Crippen molar-refractivity contribution in [2.75, 3.05) is 5.32 Å². The number of Topliss-reactive ketones (excluding diaryl/α,β-unsaturated/α-hetero) is 1. The standard InChI is InChI=1S/C17H14F3N3O3/c1-9-7-14(23-10(2)22-9)21-8-12-15(24)11-5-3-4-6-13(11)26-16(12,25)17(18,19)20/h3-8,25H,1-2H3,(H,21,22,23)/b12-8+. The SMILES string of the molecule is Cc1cc(N/C=C2\C(=O)c3ccccc3OC2(O)C(F)(F)F)nc(C)n1. The smallest absolute Gasteiger partial charge is 0.449 e. The van der Waals surface area contributed by atoms with Crippen molar-refractivity contribution in [1.82, 2.24) is 9.97 Å². The molecule has 9 heteroatoms. The molecule has 1 aliphatic rings. The van der Waals surface area contributed by atoms with E-state index in [1.54, 1.807) is 13.8 Å². The molecule has 0 spiro atoms. The summed E-state index contributed by atoms with van der Waals surface area (Å²) in [4.78, 5) is 20.6. The van der Waals surface area contributed by atoms with E-state index in [0.29, 0.717) is 11.5 Å². The largest absolute Gasteiger partial charge is 0.460 e. The zero-order chi connectivity index (χ0) is 19.1. The minimum atomic E-state index is -5.23. The molecule has 0 saturated carbocycles. The quantitative estimate of drug-likeness (QED) is 0.796. The summed E-state index contributed by atoms with van der Waals surface area (Å²) in [6.45, 7) is 3.30. The molecule has 0 aliphatic carbocycles. The van der Waals surface area contributed by atoms with Gasteiger partial charge in [-0.2, -0.15) is 13.2 Å². The summed E-state index contributed by atoms with van der Waals surface area (Å²) < 4.78 is 45.2. The molecule has 0 fully saturated rings. The number of aliphatic hydroxyl groups is 1.